The highest BCUT2D eigenvalue weighted by Crippen LogP contribution is 2.62. The van der Waals surface area contributed by atoms with Gasteiger partial charge in [-0.1, -0.05) is 133 Å². The molecule has 2 heterocycles. The summed E-state index contributed by atoms with van der Waals surface area (Å²) in [5.74, 6) is 0.844. The number of hydrogen-bond acceptors (Lipinski definition) is 2. The van der Waals surface area contributed by atoms with Crippen molar-refractivity contribution in [1.82, 2.24) is 14.5 Å². The number of aromatic nitrogens is 3. The summed E-state index contributed by atoms with van der Waals surface area (Å²) in [7, 11) is 0. The van der Waals surface area contributed by atoms with Crippen molar-refractivity contribution in [2.75, 3.05) is 0 Å². The summed E-state index contributed by atoms with van der Waals surface area (Å²) in [4.78, 5) is 10.8. The third-order valence-electron chi connectivity index (χ3n) is 11.3. The van der Waals surface area contributed by atoms with E-state index in [-0.39, 0.29) is 0 Å². The third-order valence-corrected chi connectivity index (χ3v) is 11.3. The molecule has 0 bridgehead atoms. The van der Waals surface area contributed by atoms with E-state index in [4.69, 9.17) is 9.97 Å². The number of rotatable bonds is 2. The Morgan fingerprint density at radius 2 is 0.980 bits per heavy atom. The van der Waals surface area contributed by atoms with Crippen LogP contribution in [-0.4, -0.2) is 14.5 Å². The van der Waals surface area contributed by atoms with Gasteiger partial charge in [0.15, 0.2) is 5.82 Å². The fraction of sp³-hybridized carbons (Fsp3) is 0.0213. The van der Waals surface area contributed by atoms with Crippen molar-refractivity contribution in [2.45, 2.75) is 5.41 Å². The summed E-state index contributed by atoms with van der Waals surface area (Å²) < 4.78 is 2.39. The lowest BCUT2D eigenvalue weighted by Crippen LogP contribution is -2.30. The first-order valence-corrected chi connectivity index (χ1v) is 17.3. The smallest absolute Gasteiger partial charge is 0.165 e. The van der Waals surface area contributed by atoms with Gasteiger partial charge in [-0.3, -0.25) is 4.57 Å². The number of fused-ring (bicyclic) bond motifs is 9. The van der Waals surface area contributed by atoms with Crippen molar-refractivity contribution in [3.63, 3.8) is 0 Å². The van der Waals surface area contributed by atoms with Gasteiger partial charge in [0.25, 0.3) is 0 Å². The first kappa shape index (κ1) is 26.4. The van der Waals surface area contributed by atoms with Crippen LogP contribution in [0, 0.1) is 0 Å². The van der Waals surface area contributed by atoms with E-state index in [1.165, 1.54) is 65.7 Å². The van der Waals surface area contributed by atoms with Gasteiger partial charge >= 0.3 is 0 Å². The van der Waals surface area contributed by atoms with Crippen LogP contribution in [-0.2, 0) is 5.41 Å². The standard InChI is InChI=1S/C47H27N3/c1-2-12-30-27-31(24-23-28(30)11-1)45-46(49-39-21-8-7-20-38(39)48-45)50-40-22-10-19-37-43(40)44-41(50)26-25-29-13-9-18-36(42(29)44)47(37)34-16-5-3-14-32(34)33-15-4-6-17-35(33)47/h1-27H. The van der Waals surface area contributed by atoms with E-state index in [9.17, 15) is 0 Å². The molecule has 2 aromatic heterocycles. The topological polar surface area (TPSA) is 30.7 Å². The molecule has 0 amide bonds. The minimum Gasteiger partial charge on any atom is -0.292 e. The Balaban J connectivity index is 1.27. The Bertz CT molecular complexity index is 3070. The predicted octanol–water partition coefficient (Wildman–Crippen LogP) is 11.4. The maximum Gasteiger partial charge on any atom is 0.165 e. The van der Waals surface area contributed by atoms with E-state index in [0.717, 1.165) is 39.1 Å². The summed E-state index contributed by atoms with van der Waals surface area (Å²) in [5, 5.41) is 7.54. The van der Waals surface area contributed by atoms with Crippen LogP contribution in [0.15, 0.2) is 164 Å². The van der Waals surface area contributed by atoms with Gasteiger partial charge in [-0.2, -0.15) is 0 Å². The van der Waals surface area contributed by atoms with Crippen LogP contribution in [0.1, 0.15) is 22.3 Å². The van der Waals surface area contributed by atoms with E-state index in [1.807, 2.05) is 12.1 Å². The molecule has 0 saturated heterocycles. The van der Waals surface area contributed by atoms with Crippen molar-refractivity contribution in [2.24, 2.45) is 0 Å². The van der Waals surface area contributed by atoms with Gasteiger partial charge in [0.2, 0.25) is 0 Å². The molecule has 12 rings (SSSR count). The van der Waals surface area contributed by atoms with E-state index in [1.54, 1.807) is 0 Å². The normalized spacial score (nSPS) is 13.8. The van der Waals surface area contributed by atoms with Crippen LogP contribution in [0.25, 0.3) is 82.6 Å². The average molecular weight is 634 g/mol. The molecule has 0 unspecified atom stereocenters. The fourth-order valence-electron chi connectivity index (χ4n) is 9.42. The summed E-state index contributed by atoms with van der Waals surface area (Å²) in [6.07, 6.45) is 0. The predicted molar refractivity (Wildman–Crippen MR) is 205 cm³/mol. The van der Waals surface area contributed by atoms with Gasteiger partial charge < -0.3 is 0 Å². The van der Waals surface area contributed by atoms with Crippen molar-refractivity contribution in [3.8, 4) is 28.2 Å². The molecule has 0 N–H and O–H groups in total. The zero-order chi connectivity index (χ0) is 32.6. The van der Waals surface area contributed by atoms with Crippen LogP contribution in [0.2, 0.25) is 0 Å². The number of nitrogens with zero attached hydrogens (tertiary/aromatic N) is 3. The Hall–Kier alpha value is -6.58. The summed E-state index contributed by atoms with van der Waals surface area (Å²) in [5.41, 5.74) is 13.5. The molecule has 0 saturated carbocycles. The maximum atomic E-state index is 5.46. The van der Waals surface area contributed by atoms with Gasteiger partial charge in [-0.25, -0.2) is 9.97 Å². The van der Waals surface area contributed by atoms with Crippen LogP contribution in [0.4, 0.5) is 0 Å². The molecule has 0 radical (unpaired) electrons. The lowest BCUT2D eigenvalue weighted by Gasteiger charge is -2.37. The van der Waals surface area contributed by atoms with Crippen LogP contribution >= 0.6 is 0 Å². The molecule has 230 valence electrons. The largest absolute Gasteiger partial charge is 0.292 e. The first-order valence-electron chi connectivity index (χ1n) is 17.3. The molecule has 2 aliphatic rings. The fourth-order valence-corrected chi connectivity index (χ4v) is 9.42. The second-order valence-corrected chi connectivity index (χ2v) is 13.7. The van der Waals surface area contributed by atoms with E-state index >= 15 is 0 Å². The lowest BCUT2D eigenvalue weighted by atomic mass is 9.63. The van der Waals surface area contributed by atoms with Crippen LogP contribution in [0.5, 0.6) is 0 Å². The number of benzene rings is 8. The highest BCUT2D eigenvalue weighted by molar-refractivity contribution is 6.26. The minimum atomic E-state index is -0.448. The van der Waals surface area contributed by atoms with Crippen molar-refractivity contribution < 1.29 is 0 Å². The van der Waals surface area contributed by atoms with Crippen LogP contribution in [0.3, 0.4) is 0 Å². The summed E-state index contributed by atoms with van der Waals surface area (Å²) in [6.45, 7) is 0. The van der Waals surface area contributed by atoms with Crippen molar-refractivity contribution in [3.05, 3.63) is 186 Å². The van der Waals surface area contributed by atoms with E-state index < -0.39 is 5.41 Å². The molecule has 1 spiro atoms. The van der Waals surface area contributed by atoms with Gasteiger partial charge in [0.1, 0.15) is 5.69 Å². The van der Waals surface area contributed by atoms with Crippen molar-refractivity contribution >= 4 is 54.4 Å². The molecule has 3 nitrogen and oxygen atoms in total. The monoisotopic (exact) mass is 633 g/mol. The Morgan fingerprint density at radius 1 is 0.400 bits per heavy atom. The molecule has 0 atom stereocenters. The quantitative estimate of drug-likeness (QED) is 0.190. The molecule has 0 fully saturated rings. The second kappa shape index (κ2) is 9.31. The van der Waals surface area contributed by atoms with Gasteiger partial charge in [0, 0.05) is 16.3 Å². The van der Waals surface area contributed by atoms with Gasteiger partial charge in [-0.15, -0.1) is 0 Å². The highest BCUT2D eigenvalue weighted by Gasteiger charge is 2.50. The maximum absolute atomic E-state index is 5.46. The zero-order valence-electron chi connectivity index (χ0n) is 26.9. The third kappa shape index (κ3) is 3.11. The minimum absolute atomic E-state index is 0.448. The van der Waals surface area contributed by atoms with E-state index in [2.05, 4.69) is 156 Å². The molecule has 50 heavy (non-hydrogen) atoms. The molecule has 3 heteroatoms. The van der Waals surface area contributed by atoms with E-state index in [0.29, 0.717) is 0 Å². The Kier molecular flexibility index (Phi) is 4.91. The Morgan fingerprint density at radius 3 is 1.78 bits per heavy atom. The summed E-state index contributed by atoms with van der Waals surface area (Å²) >= 11 is 0. The molecular formula is C47H27N3. The average Bonchev–Trinajstić information content (AvgIpc) is 3.68. The molecule has 0 aliphatic heterocycles. The molecule has 8 aromatic carbocycles. The lowest BCUT2D eigenvalue weighted by molar-refractivity contribution is 0.783. The molecule has 10 aromatic rings. The number of hydrogen-bond donors (Lipinski definition) is 0. The highest BCUT2D eigenvalue weighted by atomic mass is 15.1. The van der Waals surface area contributed by atoms with Crippen LogP contribution < -0.4 is 0 Å². The Labute approximate surface area is 287 Å². The SMILES string of the molecule is c1ccc2c(c1)-c1ccccc1C21c2cccc3ccc4c(c23)c2c1cccc2n4-c1nc2ccccc2nc1-c1ccc2ccccc2c1. The summed E-state index contributed by atoms with van der Waals surface area (Å²) in [6, 6.07) is 59.8. The van der Waals surface area contributed by atoms with Gasteiger partial charge in [-0.05, 0) is 85.3 Å². The zero-order valence-corrected chi connectivity index (χ0v) is 26.9. The first-order chi connectivity index (χ1) is 24.8. The van der Waals surface area contributed by atoms with Gasteiger partial charge in [0.05, 0.1) is 27.5 Å². The number of para-hydroxylation sites is 2. The molecular weight excluding hydrogens is 607 g/mol. The second-order valence-electron chi connectivity index (χ2n) is 13.7. The van der Waals surface area contributed by atoms with Crippen molar-refractivity contribution in [1.29, 1.82) is 0 Å². The molecule has 2 aliphatic carbocycles.